The van der Waals surface area contributed by atoms with Gasteiger partial charge in [-0.05, 0) is 95.4 Å². The number of aromatic nitrogens is 1. The van der Waals surface area contributed by atoms with Gasteiger partial charge in [0, 0.05) is 27.2 Å². The maximum atomic E-state index is 5.01. The highest BCUT2D eigenvalue weighted by Crippen LogP contribution is 2.52. The molecule has 2 heteroatoms. The molecule has 1 spiro atoms. The third-order valence-corrected chi connectivity index (χ3v) is 11.1. The molecule has 0 atom stereocenters. The fourth-order valence-corrected chi connectivity index (χ4v) is 9.08. The molecule has 0 amide bonds. The molecule has 0 N–H and O–H groups in total. The maximum Gasteiger partial charge on any atom is 0.0880 e. The van der Waals surface area contributed by atoms with E-state index >= 15 is 0 Å². The first kappa shape index (κ1) is 24.3. The highest BCUT2D eigenvalue weighted by Gasteiger charge is 2.37. The zero-order chi connectivity index (χ0) is 25.9. The summed E-state index contributed by atoms with van der Waals surface area (Å²) in [6, 6.07) is 22.9. The molecule has 0 saturated heterocycles. The first-order chi connectivity index (χ1) is 18.4. The number of pyridine rings is 1. The van der Waals surface area contributed by atoms with Crippen molar-refractivity contribution >= 4 is 42.3 Å². The van der Waals surface area contributed by atoms with Gasteiger partial charge in [0.15, 0.2) is 0 Å². The van der Waals surface area contributed by atoms with Crippen molar-refractivity contribution in [2.45, 2.75) is 89.9 Å². The van der Waals surface area contributed by atoms with E-state index in [1.54, 1.807) is 5.56 Å². The van der Waals surface area contributed by atoms with E-state index in [9.17, 15) is 0 Å². The van der Waals surface area contributed by atoms with Crippen LogP contribution in [0.25, 0.3) is 42.2 Å². The highest BCUT2D eigenvalue weighted by atomic mass is 32.1. The Morgan fingerprint density at radius 3 is 2.29 bits per heavy atom. The Kier molecular flexibility index (Phi) is 5.89. The second kappa shape index (κ2) is 9.19. The molecule has 2 saturated carbocycles. The summed E-state index contributed by atoms with van der Waals surface area (Å²) in [5.74, 6) is 0.698. The molecule has 2 fully saturated rings. The predicted molar refractivity (Wildman–Crippen MR) is 165 cm³/mol. The fourth-order valence-electron chi connectivity index (χ4n) is 7.68. The van der Waals surface area contributed by atoms with Crippen LogP contribution in [0.5, 0.6) is 0 Å². The number of nitrogens with zero attached hydrogens (tertiary/aromatic N) is 1. The summed E-state index contributed by atoms with van der Waals surface area (Å²) in [5.41, 5.74) is 6.09. The van der Waals surface area contributed by atoms with E-state index in [1.165, 1.54) is 99.9 Å². The molecule has 5 aromatic rings. The van der Waals surface area contributed by atoms with Gasteiger partial charge in [-0.2, -0.15) is 0 Å². The number of benzene rings is 3. The van der Waals surface area contributed by atoms with E-state index < -0.39 is 0 Å². The van der Waals surface area contributed by atoms with Crippen molar-refractivity contribution < 1.29 is 0 Å². The lowest BCUT2D eigenvalue weighted by molar-refractivity contribution is 0.114. The zero-order valence-electron chi connectivity index (χ0n) is 23.1. The Morgan fingerprint density at radius 1 is 0.763 bits per heavy atom. The van der Waals surface area contributed by atoms with E-state index in [2.05, 4.69) is 81.4 Å². The standard InChI is InChI=1S/C36H39NS/c1-35(2,3)31-23-26(22-25-10-5-6-11-27(25)31)32-34-30(16-21-37-32)29-13-9-12-28(33(29)38-34)24-14-19-36(20-15-24)17-7-4-8-18-36/h5-6,9-13,16,21-24H,4,7-8,14-15,17-20H2,1-3H3. The van der Waals surface area contributed by atoms with E-state index in [1.807, 2.05) is 17.5 Å². The Morgan fingerprint density at radius 2 is 1.50 bits per heavy atom. The lowest BCUT2D eigenvalue weighted by Crippen LogP contribution is -2.29. The van der Waals surface area contributed by atoms with Crippen LogP contribution in [0.2, 0.25) is 0 Å². The van der Waals surface area contributed by atoms with Crippen molar-refractivity contribution in [3.63, 3.8) is 0 Å². The first-order valence-electron chi connectivity index (χ1n) is 14.8. The molecule has 0 unspecified atom stereocenters. The quantitative estimate of drug-likeness (QED) is 0.227. The first-order valence-corrected chi connectivity index (χ1v) is 15.6. The topological polar surface area (TPSA) is 12.9 Å². The molecule has 38 heavy (non-hydrogen) atoms. The van der Waals surface area contributed by atoms with Crippen LogP contribution in [-0.4, -0.2) is 4.98 Å². The minimum absolute atomic E-state index is 0.0630. The van der Waals surface area contributed by atoms with Crippen LogP contribution in [0, 0.1) is 5.41 Å². The summed E-state index contributed by atoms with van der Waals surface area (Å²) in [6.07, 6.45) is 14.9. The summed E-state index contributed by atoms with van der Waals surface area (Å²) >= 11 is 1.99. The van der Waals surface area contributed by atoms with Crippen molar-refractivity contribution in [1.82, 2.24) is 4.98 Å². The van der Waals surface area contributed by atoms with E-state index in [0.29, 0.717) is 11.3 Å². The molecular weight excluding hydrogens is 478 g/mol. The van der Waals surface area contributed by atoms with Crippen molar-refractivity contribution in [1.29, 1.82) is 0 Å². The van der Waals surface area contributed by atoms with Gasteiger partial charge in [0.1, 0.15) is 0 Å². The minimum atomic E-state index is 0.0630. The average Bonchev–Trinajstić information content (AvgIpc) is 3.32. The third-order valence-electron chi connectivity index (χ3n) is 9.79. The van der Waals surface area contributed by atoms with Gasteiger partial charge in [-0.25, -0.2) is 0 Å². The lowest BCUT2D eigenvalue weighted by Gasteiger charge is -2.43. The van der Waals surface area contributed by atoms with E-state index in [-0.39, 0.29) is 5.41 Å². The molecule has 3 aromatic carbocycles. The molecule has 2 aromatic heterocycles. The maximum absolute atomic E-state index is 5.01. The van der Waals surface area contributed by atoms with Crippen LogP contribution >= 0.6 is 11.3 Å². The van der Waals surface area contributed by atoms with Gasteiger partial charge in [0.05, 0.1) is 10.4 Å². The molecule has 2 heterocycles. The summed E-state index contributed by atoms with van der Waals surface area (Å²) < 4.78 is 2.84. The van der Waals surface area contributed by atoms with Gasteiger partial charge in [-0.1, -0.05) is 82.5 Å². The number of hydrogen-bond donors (Lipinski definition) is 0. The normalized spacial score (nSPS) is 18.6. The van der Waals surface area contributed by atoms with Crippen LogP contribution in [0.15, 0.2) is 66.9 Å². The SMILES string of the molecule is CC(C)(C)c1cc(-c2nccc3c2sc2c(C4CCC5(CCCCC5)CC4)cccc23)cc2ccccc12. The molecule has 0 bridgehead atoms. The molecule has 0 radical (unpaired) electrons. The van der Waals surface area contributed by atoms with Crippen molar-refractivity contribution in [3.8, 4) is 11.3 Å². The van der Waals surface area contributed by atoms with Crippen molar-refractivity contribution in [2.75, 3.05) is 0 Å². The van der Waals surface area contributed by atoms with Gasteiger partial charge < -0.3 is 0 Å². The number of thiophene rings is 1. The monoisotopic (exact) mass is 517 g/mol. The summed E-state index contributed by atoms with van der Waals surface area (Å²) in [5, 5.41) is 5.43. The van der Waals surface area contributed by atoms with Gasteiger partial charge >= 0.3 is 0 Å². The van der Waals surface area contributed by atoms with Crippen molar-refractivity contribution in [3.05, 3.63) is 78.0 Å². The zero-order valence-corrected chi connectivity index (χ0v) is 24.0. The number of fused-ring (bicyclic) bond motifs is 4. The van der Waals surface area contributed by atoms with Gasteiger partial charge in [0.2, 0.25) is 0 Å². The fraction of sp³-hybridized carbons (Fsp3) is 0.417. The molecular formula is C36H39NS. The largest absolute Gasteiger partial charge is 0.255 e. The molecule has 1 nitrogen and oxygen atoms in total. The predicted octanol–water partition coefficient (Wildman–Crippen LogP) is 11.2. The second-order valence-electron chi connectivity index (χ2n) is 13.2. The van der Waals surface area contributed by atoms with Gasteiger partial charge in [0.25, 0.3) is 0 Å². The average molecular weight is 518 g/mol. The van der Waals surface area contributed by atoms with Crippen LogP contribution in [0.4, 0.5) is 0 Å². The molecule has 7 rings (SSSR count). The van der Waals surface area contributed by atoms with Gasteiger partial charge in [-0.15, -0.1) is 11.3 Å². The molecule has 2 aliphatic carbocycles. The minimum Gasteiger partial charge on any atom is -0.255 e. The van der Waals surface area contributed by atoms with E-state index in [0.717, 1.165) is 5.69 Å². The van der Waals surface area contributed by atoms with Crippen LogP contribution in [0.1, 0.15) is 95.6 Å². The second-order valence-corrected chi connectivity index (χ2v) is 14.2. The van der Waals surface area contributed by atoms with Gasteiger partial charge in [-0.3, -0.25) is 4.98 Å². The summed E-state index contributed by atoms with van der Waals surface area (Å²) in [7, 11) is 0. The summed E-state index contributed by atoms with van der Waals surface area (Å²) in [6.45, 7) is 6.96. The number of hydrogen-bond acceptors (Lipinski definition) is 2. The molecule has 2 aliphatic rings. The Labute approximate surface area is 231 Å². The van der Waals surface area contributed by atoms with Crippen LogP contribution in [-0.2, 0) is 5.41 Å². The highest BCUT2D eigenvalue weighted by molar-refractivity contribution is 7.26. The Hall–Kier alpha value is -2.71. The smallest absolute Gasteiger partial charge is 0.0880 e. The third kappa shape index (κ3) is 4.08. The Bertz CT molecular complexity index is 1630. The number of rotatable bonds is 2. The lowest BCUT2D eigenvalue weighted by atomic mass is 9.62. The molecule has 0 aliphatic heterocycles. The summed E-state index contributed by atoms with van der Waals surface area (Å²) in [4.78, 5) is 5.01. The Balaban J connectivity index is 1.34. The van der Waals surface area contributed by atoms with Crippen molar-refractivity contribution in [2.24, 2.45) is 5.41 Å². The van der Waals surface area contributed by atoms with Crippen LogP contribution < -0.4 is 0 Å². The van der Waals surface area contributed by atoms with Crippen LogP contribution in [0.3, 0.4) is 0 Å². The molecule has 194 valence electrons. The van der Waals surface area contributed by atoms with E-state index in [4.69, 9.17) is 4.98 Å².